The number of carboxylic acids is 1. The van der Waals surface area contributed by atoms with Crippen molar-refractivity contribution in [3.05, 3.63) is 11.4 Å². The SMILES string of the molecule is CCOCC(C)=C(F)C(=O)O. The molecule has 0 spiro atoms. The number of hydrogen-bond acceptors (Lipinski definition) is 2. The molecule has 64 valence electrons. The molecule has 0 bridgehead atoms. The van der Waals surface area contributed by atoms with Gasteiger partial charge in [-0.15, -0.1) is 0 Å². The summed E-state index contributed by atoms with van der Waals surface area (Å²) < 4.78 is 17.2. The Kier molecular flexibility index (Phi) is 4.45. The number of carbonyl (C=O) groups is 1. The van der Waals surface area contributed by atoms with Gasteiger partial charge in [-0.3, -0.25) is 0 Å². The van der Waals surface area contributed by atoms with Crippen LogP contribution in [0, 0.1) is 0 Å². The van der Waals surface area contributed by atoms with Crippen LogP contribution in [0.5, 0.6) is 0 Å². The van der Waals surface area contributed by atoms with Crippen molar-refractivity contribution in [3.8, 4) is 0 Å². The maximum absolute atomic E-state index is 12.4. The van der Waals surface area contributed by atoms with Crippen molar-refractivity contribution >= 4 is 5.97 Å². The minimum absolute atomic E-state index is 0.0363. The van der Waals surface area contributed by atoms with E-state index in [1.165, 1.54) is 6.92 Å². The molecule has 0 atom stereocenters. The van der Waals surface area contributed by atoms with Gasteiger partial charge in [-0.25, -0.2) is 4.79 Å². The second-order valence-corrected chi connectivity index (χ2v) is 2.04. The van der Waals surface area contributed by atoms with Crippen LogP contribution in [0.1, 0.15) is 13.8 Å². The van der Waals surface area contributed by atoms with Crippen LogP contribution in [-0.4, -0.2) is 24.3 Å². The zero-order valence-electron chi connectivity index (χ0n) is 6.56. The minimum atomic E-state index is -1.54. The highest BCUT2D eigenvalue weighted by atomic mass is 19.1. The van der Waals surface area contributed by atoms with E-state index in [1.54, 1.807) is 6.92 Å². The first-order valence-corrected chi connectivity index (χ1v) is 3.25. The van der Waals surface area contributed by atoms with Crippen LogP contribution in [0.25, 0.3) is 0 Å². The van der Waals surface area contributed by atoms with Crippen LogP contribution in [0.15, 0.2) is 11.4 Å². The molecular formula is C7H11FO3. The van der Waals surface area contributed by atoms with E-state index in [1.807, 2.05) is 0 Å². The summed E-state index contributed by atoms with van der Waals surface area (Å²) in [6.07, 6.45) is 0. The molecule has 0 saturated heterocycles. The molecule has 11 heavy (non-hydrogen) atoms. The monoisotopic (exact) mass is 162 g/mol. The number of hydrogen-bond donors (Lipinski definition) is 1. The molecular weight excluding hydrogens is 151 g/mol. The highest BCUT2D eigenvalue weighted by molar-refractivity contribution is 5.84. The summed E-state index contributed by atoms with van der Waals surface area (Å²) in [5.41, 5.74) is 0.111. The van der Waals surface area contributed by atoms with Gasteiger partial charge in [0.15, 0.2) is 0 Å². The highest BCUT2D eigenvalue weighted by Crippen LogP contribution is 2.05. The van der Waals surface area contributed by atoms with Crippen molar-refractivity contribution in [3.63, 3.8) is 0 Å². The van der Waals surface area contributed by atoms with E-state index in [9.17, 15) is 9.18 Å². The lowest BCUT2D eigenvalue weighted by Crippen LogP contribution is -2.03. The van der Waals surface area contributed by atoms with Gasteiger partial charge in [-0.1, -0.05) is 0 Å². The first-order chi connectivity index (χ1) is 5.09. The van der Waals surface area contributed by atoms with Crippen molar-refractivity contribution in [1.82, 2.24) is 0 Å². The molecule has 0 aliphatic carbocycles. The zero-order chi connectivity index (χ0) is 8.85. The Morgan fingerprint density at radius 3 is 2.55 bits per heavy atom. The normalized spacial score (nSPS) is 12.6. The van der Waals surface area contributed by atoms with Crippen LogP contribution in [0.3, 0.4) is 0 Å². The third-order valence-corrected chi connectivity index (χ3v) is 1.09. The van der Waals surface area contributed by atoms with E-state index in [4.69, 9.17) is 9.84 Å². The quantitative estimate of drug-likeness (QED) is 0.634. The molecule has 0 aromatic rings. The van der Waals surface area contributed by atoms with E-state index in [0.29, 0.717) is 6.61 Å². The molecule has 0 radical (unpaired) electrons. The standard InChI is InChI=1S/C7H11FO3/c1-3-11-4-5(2)6(8)7(9)10/h3-4H2,1-2H3,(H,9,10). The summed E-state index contributed by atoms with van der Waals surface area (Å²) in [5, 5.41) is 8.16. The fourth-order valence-corrected chi connectivity index (χ4v) is 0.501. The predicted molar refractivity (Wildman–Crippen MR) is 37.9 cm³/mol. The Balaban J connectivity index is 4.05. The average Bonchev–Trinajstić information content (AvgIpc) is 1.98. The Morgan fingerprint density at radius 2 is 2.18 bits per heavy atom. The highest BCUT2D eigenvalue weighted by Gasteiger charge is 2.09. The van der Waals surface area contributed by atoms with Gasteiger partial charge in [0, 0.05) is 6.61 Å². The molecule has 3 nitrogen and oxygen atoms in total. The topological polar surface area (TPSA) is 46.5 Å². The first kappa shape index (κ1) is 10.1. The molecule has 1 N–H and O–H groups in total. The molecule has 0 aliphatic rings. The Hall–Kier alpha value is -0.900. The summed E-state index contributed by atoms with van der Waals surface area (Å²) in [6, 6.07) is 0. The molecule has 4 heteroatoms. The van der Waals surface area contributed by atoms with Crippen molar-refractivity contribution in [2.75, 3.05) is 13.2 Å². The lowest BCUT2D eigenvalue weighted by Gasteiger charge is -2.00. The number of halogens is 1. The third kappa shape index (κ3) is 3.72. The molecule has 0 unspecified atom stereocenters. The van der Waals surface area contributed by atoms with E-state index in [2.05, 4.69) is 0 Å². The van der Waals surface area contributed by atoms with E-state index in [0.717, 1.165) is 0 Å². The van der Waals surface area contributed by atoms with Gasteiger partial charge in [0.05, 0.1) is 6.61 Å². The Labute approximate surface area is 64.5 Å². The van der Waals surface area contributed by atoms with Crippen LogP contribution in [0.2, 0.25) is 0 Å². The van der Waals surface area contributed by atoms with Crippen molar-refractivity contribution in [2.45, 2.75) is 13.8 Å². The maximum atomic E-state index is 12.4. The summed E-state index contributed by atoms with van der Waals surface area (Å²) in [7, 11) is 0. The van der Waals surface area contributed by atoms with Gasteiger partial charge >= 0.3 is 5.97 Å². The van der Waals surface area contributed by atoms with Crippen LogP contribution < -0.4 is 0 Å². The van der Waals surface area contributed by atoms with Crippen molar-refractivity contribution in [1.29, 1.82) is 0 Å². The molecule has 0 aromatic heterocycles. The second kappa shape index (κ2) is 4.85. The van der Waals surface area contributed by atoms with Gasteiger partial charge in [-0.2, -0.15) is 4.39 Å². The molecule has 0 aliphatic heterocycles. The number of aliphatic carboxylic acids is 1. The van der Waals surface area contributed by atoms with Gasteiger partial charge in [0.1, 0.15) is 0 Å². The average molecular weight is 162 g/mol. The first-order valence-electron chi connectivity index (χ1n) is 3.25. The summed E-state index contributed by atoms with van der Waals surface area (Å²) in [4.78, 5) is 10.0. The molecule has 0 fully saturated rings. The number of carboxylic acid groups (broad SMARTS) is 1. The van der Waals surface area contributed by atoms with Crippen molar-refractivity contribution < 1.29 is 19.0 Å². The maximum Gasteiger partial charge on any atom is 0.364 e. The molecule has 0 amide bonds. The largest absolute Gasteiger partial charge is 0.476 e. The smallest absolute Gasteiger partial charge is 0.364 e. The van der Waals surface area contributed by atoms with E-state index in [-0.39, 0.29) is 12.2 Å². The lowest BCUT2D eigenvalue weighted by atomic mass is 10.3. The van der Waals surface area contributed by atoms with Gasteiger partial charge in [0.2, 0.25) is 5.83 Å². The fraction of sp³-hybridized carbons (Fsp3) is 0.571. The molecule has 0 heterocycles. The number of rotatable bonds is 4. The van der Waals surface area contributed by atoms with Gasteiger partial charge < -0.3 is 9.84 Å². The lowest BCUT2D eigenvalue weighted by molar-refractivity contribution is -0.134. The molecule has 0 rings (SSSR count). The summed E-state index contributed by atoms with van der Waals surface area (Å²) in [6.45, 7) is 3.63. The van der Waals surface area contributed by atoms with Crippen molar-refractivity contribution in [2.24, 2.45) is 0 Å². The summed E-state index contributed by atoms with van der Waals surface area (Å²) >= 11 is 0. The Morgan fingerprint density at radius 1 is 1.64 bits per heavy atom. The molecule has 0 aromatic carbocycles. The second-order valence-electron chi connectivity index (χ2n) is 2.04. The summed E-state index contributed by atoms with van der Waals surface area (Å²) in [5.74, 6) is -2.67. The van der Waals surface area contributed by atoms with Gasteiger partial charge in [-0.05, 0) is 19.4 Å². The number of ether oxygens (including phenoxy) is 1. The fourth-order valence-electron chi connectivity index (χ4n) is 0.501. The van der Waals surface area contributed by atoms with E-state index < -0.39 is 11.8 Å². The predicted octanol–water partition coefficient (Wildman–Crippen LogP) is 1.35. The van der Waals surface area contributed by atoms with Crippen LogP contribution >= 0.6 is 0 Å². The van der Waals surface area contributed by atoms with E-state index >= 15 is 0 Å². The Bertz CT molecular complexity index is 175. The zero-order valence-corrected chi connectivity index (χ0v) is 6.56. The minimum Gasteiger partial charge on any atom is -0.476 e. The van der Waals surface area contributed by atoms with Crippen LogP contribution in [0.4, 0.5) is 4.39 Å². The molecule has 0 saturated carbocycles. The van der Waals surface area contributed by atoms with Crippen LogP contribution in [-0.2, 0) is 9.53 Å². The third-order valence-electron chi connectivity index (χ3n) is 1.09. The van der Waals surface area contributed by atoms with Gasteiger partial charge in [0.25, 0.3) is 0 Å².